The summed E-state index contributed by atoms with van der Waals surface area (Å²) in [6.45, 7) is 6.91. The fourth-order valence-corrected chi connectivity index (χ4v) is 3.12. The molecule has 1 nitrogen and oxygen atoms in total. The van der Waals surface area contributed by atoms with Gasteiger partial charge in [0.15, 0.2) is 0 Å². The zero-order valence-electron chi connectivity index (χ0n) is 7.67. The molecular formula is C10H18O. The van der Waals surface area contributed by atoms with E-state index in [0.29, 0.717) is 11.3 Å². The lowest BCUT2D eigenvalue weighted by Gasteiger charge is -2.61. The van der Waals surface area contributed by atoms with Crippen LogP contribution in [0.15, 0.2) is 0 Å². The van der Waals surface area contributed by atoms with Crippen LogP contribution in [0.3, 0.4) is 0 Å². The van der Waals surface area contributed by atoms with Crippen LogP contribution in [-0.2, 0) is 0 Å². The Morgan fingerprint density at radius 1 is 1.27 bits per heavy atom. The molecule has 3 aliphatic rings. The van der Waals surface area contributed by atoms with Crippen molar-refractivity contribution in [3.63, 3.8) is 0 Å². The highest BCUT2D eigenvalue weighted by molar-refractivity contribution is 5.04. The third-order valence-electron chi connectivity index (χ3n) is 4.31. The minimum Gasteiger partial charge on any atom is -0.393 e. The summed E-state index contributed by atoms with van der Waals surface area (Å²) in [7, 11) is 0. The van der Waals surface area contributed by atoms with E-state index < -0.39 is 0 Å². The zero-order valence-corrected chi connectivity index (χ0v) is 7.67. The van der Waals surface area contributed by atoms with Gasteiger partial charge in [0, 0.05) is 0 Å². The Labute approximate surface area is 68.8 Å². The molecule has 3 fully saturated rings. The quantitative estimate of drug-likeness (QED) is 0.566. The van der Waals surface area contributed by atoms with Gasteiger partial charge in [0.05, 0.1) is 6.10 Å². The Morgan fingerprint density at radius 2 is 1.91 bits per heavy atom. The van der Waals surface area contributed by atoms with Crippen molar-refractivity contribution >= 4 is 0 Å². The molecule has 0 aliphatic heterocycles. The smallest absolute Gasteiger partial charge is 0.0571 e. The summed E-state index contributed by atoms with van der Waals surface area (Å²) in [4.78, 5) is 0. The highest BCUT2D eigenvalue weighted by Gasteiger charge is 2.55. The van der Waals surface area contributed by atoms with Crippen molar-refractivity contribution in [2.24, 2.45) is 23.2 Å². The summed E-state index contributed by atoms with van der Waals surface area (Å²) >= 11 is 0. The topological polar surface area (TPSA) is 20.2 Å². The molecule has 1 N–H and O–H groups in total. The summed E-state index contributed by atoms with van der Waals surface area (Å²) in [6.07, 6.45) is 2.40. The van der Waals surface area contributed by atoms with Gasteiger partial charge in [0.1, 0.15) is 0 Å². The monoisotopic (exact) mass is 154 g/mol. The minimum atomic E-state index is -0.00762. The van der Waals surface area contributed by atoms with Gasteiger partial charge in [-0.25, -0.2) is 0 Å². The van der Waals surface area contributed by atoms with Gasteiger partial charge in [-0.3, -0.25) is 0 Å². The van der Waals surface area contributed by atoms with Crippen LogP contribution in [0.2, 0.25) is 0 Å². The Balaban J connectivity index is 2.17. The molecule has 11 heavy (non-hydrogen) atoms. The van der Waals surface area contributed by atoms with E-state index in [1.165, 1.54) is 6.42 Å². The number of fused-ring (bicyclic) bond motifs is 2. The van der Waals surface area contributed by atoms with Crippen LogP contribution in [-0.4, -0.2) is 11.2 Å². The van der Waals surface area contributed by atoms with Crippen molar-refractivity contribution in [3.8, 4) is 0 Å². The maximum absolute atomic E-state index is 9.61. The summed E-state index contributed by atoms with van der Waals surface area (Å²) in [5.41, 5.74) is 0.526. The van der Waals surface area contributed by atoms with Crippen molar-refractivity contribution in [1.29, 1.82) is 0 Å². The van der Waals surface area contributed by atoms with Gasteiger partial charge in [-0.1, -0.05) is 20.8 Å². The molecule has 3 rings (SSSR count). The highest BCUT2D eigenvalue weighted by Crippen LogP contribution is 2.61. The first-order valence-electron chi connectivity index (χ1n) is 4.71. The van der Waals surface area contributed by atoms with Gasteiger partial charge in [-0.2, -0.15) is 0 Å². The fraction of sp³-hybridized carbons (Fsp3) is 1.00. The fourth-order valence-electron chi connectivity index (χ4n) is 3.12. The van der Waals surface area contributed by atoms with Gasteiger partial charge in [0.25, 0.3) is 0 Å². The Bertz CT molecular complexity index is 174. The molecule has 3 saturated carbocycles. The summed E-state index contributed by atoms with van der Waals surface area (Å²) < 4.78 is 0. The van der Waals surface area contributed by atoms with Crippen LogP contribution < -0.4 is 0 Å². The lowest BCUT2D eigenvalue weighted by Crippen LogP contribution is -2.56. The van der Waals surface area contributed by atoms with Crippen LogP contribution >= 0.6 is 0 Å². The Morgan fingerprint density at radius 3 is 2.27 bits per heavy atom. The van der Waals surface area contributed by atoms with E-state index in [1.54, 1.807) is 0 Å². The number of aliphatic hydroxyl groups excluding tert-OH is 1. The van der Waals surface area contributed by atoms with Crippen molar-refractivity contribution in [2.75, 3.05) is 0 Å². The van der Waals surface area contributed by atoms with Crippen molar-refractivity contribution < 1.29 is 5.11 Å². The molecule has 2 bridgehead atoms. The van der Waals surface area contributed by atoms with Crippen molar-refractivity contribution in [1.82, 2.24) is 0 Å². The standard InChI is InChI=1S/C10H18O/c1-6-8-4-7(5-9(6)11)10(8,2)3/h6-9,11H,4-5H2,1-3H3. The first kappa shape index (κ1) is 7.60. The first-order valence-corrected chi connectivity index (χ1v) is 4.71. The predicted molar refractivity (Wildman–Crippen MR) is 45.2 cm³/mol. The second kappa shape index (κ2) is 2.01. The molecule has 0 aromatic carbocycles. The maximum Gasteiger partial charge on any atom is 0.0571 e. The molecule has 0 spiro atoms. The molecule has 3 aliphatic carbocycles. The molecule has 64 valence electrons. The molecular weight excluding hydrogens is 136 g/mol. The lowest BCUT2D eigenvalue weighted by molar-refractivity contribution is -0.154. The number of aliphatic hydroxyl groups is 1. The van der Waals surface area contributed by atoms with Crippen LogP contribution in [0, 0.1) is 23.2 Å². The van der Waals surface area contributed by atoms with Crippen LogP contribution in [0.25, 0.3) is 0 Å². The van der Waals surface area contributed by atoms with Crippen LogP contribution in [0.5, 0.6) is 0 Å². The summed E-state index contributed by atoms with van der Waals surface area (Å²) in [5, 5.41) is 9.61. The summed E-state index contributed by atoms with van der Waals surface area (Å²) in [5.74, 6) is 2.13. The third-order valence-corrected chi connectivity index (χ3v) is 4.31. The third kappa shape index (κ3) is 0.807. The minimum absolute atomic E-state index is 0.00762. The molecule has 0 amide bonds. The zero-order chi connectivity index (χ0) is 8.22. The second-order valence-corrected chi connectivity index (χ2v) is 5.02. The first-order chi connectivity index (χ1) is 5.03. The lowest BCUT2D eigenvalue weighted by atomic mass is 9.45. The van der Waals surface area contributed by atoms with Crippen molar-refractivity contribution in [3.05, 3.63) is 0 Å². The van der Waals surface area contributed by atoms with Crippen LogP contribution in [0.1, 0.15) is 33.6 Å². The second-order valence-electron chi connectivity index (χ2n) is 5.02. The van der Waals surface area contributed by atoms with E-state index in [4.69, 9.17) is 0 Å². The average molecular weight is 154 g/mol. The molecule has 0 aromatic heterocycles. The van der Waals surface area contributed by atoms with Gasteiger partial charge in [0.2, 0.25) is 0 Å². The van der Waals surface area contributed by atoms with Crippen LogP contribution in [0.4, 0.5) is 0 Å². The van der Waals surface area contributed by atoms with Gasteiger partial charge < -0.3 is 5.11 Å². The number of hydrogen-bond acceptors (Lipinski definition) is 1. The van der Waals surface area contributed by atoms with Gasteiger partial charge in [-0.15, -0.1) is 0 Å². The molecule has 0 saturated heterocycles. The molecule has 4 unspecified atom stereocenters. The Hall–Kier alpha value is -0.0400. The predicted octanol–water partition coefficient (Wildman–Crippen LogP) is 2.05. The van der Waals surface area contributed by atoms with E-state index in [9.17, 15) is 5.11 Å². The largest absolute Gasteiger partial charge is 0.393 e. The molecule has 4 atom stereocenters. The highest BCUT2D eigenvalue weighted by atomic mass is 16.3. The molecule has 0 aromatic rings. The SMILES string of the molecule is CC1C(O)CC2CC1C2(C)C. The van der Waals surface area contributed by atoms with E-state index in [0.717, 1.165) is 18.3 Å². The summed E-state index contributed by atoms with van der Waals surface area (Å²) in [6, 6.07) is 0. The molecule has 0 radical (unpaired) electrons. The van der Waals surface area contributed by atoms with Gasteiger partial charge >= 0.3 is 0 Å². The van der Waals surface area contributed by atoms with Crippen molar-refractivity contribution in [2.45, 2.75) is 39.7 Å². The number of rotatable bonds is 0. The average Bonchev–Trinajstić information content (AvgIpc) is 1.93. The van der Waals surface area contributed by atoms with E-state index in [-0.39, 0.29) is 6.10 Å². The maximum atomic E-state index is 9.61. The Kier molecular flexibility index (Phi) is 1.39. The van der Waals surface area contributed by atoms with E-state index >= 15 is 0 Å². The van der Waals surface area contributed by atoms with Gasteiger partial charge in [-0.05, 0) is 36.0 Å². The number of hydrogen-bond donors (Lipinski definition) is 1. The van der Waals surface area contributed by atoms with E-state index in [1.807, 2.05) is 0 Å². The normalized spacial score (nSPS) is 53.5. The molecule has 0 heterocycles. The van der Waals surface area contributed by atoms with E-state index in [2.05, 4.69) is 20.8 Å². The molecule has 1 heteroatoms.